The number of non-ortho nitro benzene ring substituents is 1. The van der Waals surface area contributed by atoms with Gasteiger partial charge in [0.25, 0.3) is 16.8 Å². The molecule has 32 heavy (non-hydrogen) atoms. The number of methoxy groups -OCH3 is 1. The number of carboxylic acids is 1. The van der Waals surface area contributed by atoms with E-state index in [1.54, 1.807) is 24.3 Å². The van der Waals surface area contributed by atoms with Crippen molar-refractivity contribution in [3.05, 3.63) is 66.1 Å². The molecule has 10 nitrogen and oxygen atoms in total. The lowest BCUT2D eigenvalue weighted by Crippen LogP contribution is -2.33. The van der Waals surface area contributed by atoms with Crippen molar-refractivity contribution in [1.29, 1.82) is 0 Å². The Kier molecular flexibility index (Phi) is 7.35. The average molecular weight is 570 g/mol. The number of hydrogen-bond acceptors (Lipinski definition) is 8. The highest BCUT2D eigenvalue weighted by atomic mass is 127. The van der Waals surface area contributed by atoms with Crippen LogP contribution >= 0.6 is 34.4 Å². The first-order valence-corrected chi connectivity index (χ1v) is 10.8. The summed E-state index contributed by atoms with van der Waals surface area (Å²) in [6.07, 6.45) is 1.48. The minimum Gasteiger partial charge on any atom is -0.493 e. The highest BCUT2D eigenvalue weighted by Gasteiger charge is 2.36. The number of carbonyl (C=O) groups is 3. The van der Waals surface area contributed by atoms with Gasteiger partial charge in [-0.1, -0.05) is 0 Å². The maximum absolute atomic E-state index is 12.3. The molecule has 2 aromatic rings. The van der Waals surface area contributed by atoms with E-state index >= 15 is 0 Å². The standard InChI is InChI=1S/C20H15IN2O8S/c1-30-15-7-12(8-16-19(26)22(9-17(24)25)20(27)32-16)6-14(21)18(15)31-10-11-2-4-13(5-3-11)23(28)29/h2-8H,9-10H2,1H3,(H,24,25)/b16-8+. The van der Waals surface area contributed by atoms with Gasteiger partial charge in [-0.05, 0) is 75.8 Å². The Morgan fingerprint density at radius 2 is 1.97 bits per heavy atom. The fourth-order valence-corrected chi connectivity index (χ4v) is 4.37. The van der Waals surface area contributed by atoms with E-state index in [-0.39, 0.29) is 17.2 Å². The number of benzene rings is 2. The van der Waals surface area contributed by atoms with E-state index in [2.05, 4.69) is 0 Å². The van der Waals surface area contributed by atoms with Gasteiger partial charge in [-0.3, -0.25) is 29.4 Å². The van der Waals surface area contributed by atoms with Crippen LogP contribution in [0, 0.1) is 13.7 Å². The van der Waals surface area contributed by atoms with Gasteiger partial charge in [-0.15, -0.1) is 0 Å². The van der Waals surface area contributed by atoms with Crippen LogP contribution in [0.1, 0.15) is 11.1 Å². The van der Waals surface area contributed by atoms with Crippen LogP contribution in [-0.4, -0.2) is 45.7 Å². The maximum Gasteiger partial charge on any atom is 0.323 e. The molecule has 12 heteroatoms. The normalized spacial score (nSPS) is 14.7. The number of imide groups is 1. The quantitative estimate of drug-likeness (QED) is 0.217. The van der Waals surface area contributed by atoms with Crippen LogP contribution in [0.15, 0.2) is 41.3 Å². The zero-order valence-corrected chi connectivity index (χ0v) is 19.4. The van der Waals surface area contributed by atoms with Gasteiger partial charge in [0.15, 0.2) is 11.5 Å². The molecule has 0 aromatic heterocycles. The molecule has 3 rings (SSSR count). The first-order valence-electron chi connectivity index (χ1n) is 8.90. The minimum absolute atomic E-state index is 0.0157. The van der Waals surface area contributed by atoms with E-state index in [0.717, 1.165) is 5.56 Å². The molecule has 2 aromatic carbocycles. The van der Waals surface area contributed by atoms with Crippen molar-refractivity contribution >= 4 is 63.2 Å². The number of carbonyl (C=O) groups excluding carboxylic acids is 2. The van der Waals surface area contributed by atoms with Gasteiger partial charge in [0.2, 0.25) is 0 Å². The smallest absolute Gasteiger partial charge is 0.323 e. The van der Waals surface area contributed by atoms with Gasteiger partial charge < -0.3 is 14.6 Å². The van der Waals surface area contributed by atoms with Gasteiger partial charge in [0, 0.05) is 12.1 Å². The molecule has 0 radical (unpaired) electrons. The first kappa shape index (κ1) is 23.5. The lowest BCUT2D eigenvalue weighted by molar-refractivity contribution is -0.384. The lowest BCUT2D eigenvalue weighted by Gasteiger charge is -2.14. The van der Waals surface area contributed by atoms with E-state index in [4.69, 9.17) is 14.6 Å². The fourth-order valence-electron chi connectivity index (χ4n) is 2.76. The second kappa shape index (κ2) is 9.99. The van der Waals surface area contributed by atoms with Crippen molar-refractivity contribution in [2.45, 2.75) is 6.61 Å². The summed E-state index contributed by atoms with van der Waals surface area (Å²) >= 11 is 2.70. The molecule has 0 atom stereocenters. The van der Waals surface area contributed by atoms with E-state index in [1.165, 1.54) is 25.3 Å². The Hall–Kier alpha value is -3.13. The summed E-state index contributed by atoms with van der Waals surface area (Å²) in [7, 11) is 1.45. The van der Waals surface area contributed by atoms with Crippen LogP contribution in [0.2, 0.25) is 0 Å². The van der Waals surface area contributed by atoms with Gasteiger partial charge in [-0.2, -0.15) is 0 Å². The van der Waals surface area contributed by atoms with Gasteiger partial charge in [0.05, 0.1) is 20.5 Å². The molecule has 0 spiro atoms. The zero-order valence-electron chi connectivity index (χ0n) is 16.4. The number of nitro groups is 1. The van der Waals surface area contributed by atoms with Crippen LogP contribution in [-0.2, 0) is 16.2 Å². The molecular weight excluding hydrogens is 555 g/mol. The minimum atomic E-state index is -1.28. The first-order chi connectivity index (χ1) is 15.2. The predicted molar refractivity (Wildman–Crippen MR) is 123 cm³/mol. The predicted octanol–water partition coefficient (Wildman–Crippen LogP) is 3.91. The molecule has 0 saturated carbocycles. The Morgan fingerprint density at radius 1 is 1.28 bits per heavy atom. The molecule has 2 amide bonds. The Balaban J connectivity index is 1.80. The summed E-state index contributed by atoms with van der Waals surface area (Å²) in [4.78, 5) is 46.2. The van der Waals surface area contributed by atoms with E-state index < -0.39 is 28.6 Å². The molecule has 166 valence electrons. The number of aliphatic carboxylic acids is 1. The number of ether oxygens (including phenoxy) is 2. The largest absolute Gasteiger partial charge is 0.493 e. The maximum atomic E-state index is 12.3. The fraction of sp³-hybridized carbons (Fsp3) is 0.150. The second-order valence-corrected chi connectivity index (χ2v) is 8.56. The van der Waals surface area contributed by atoms with Crippen LogP contribution in [0.4, 0.5) is 10.5 Å². The molecule has 1 heterocycles. The molecule has 0 bridgehead atoms. The summed E-state index contributed by atoms with van der Waals surface area (Å²) in [5.74, 6) is -1.12. The lowest BCUT2D eigenvalue weighted by atomic mass is 10.1. The highest BCUT2D eigenvalue weighted by Crippen LogP contribution is 2.37. The number of amides is 2. The van der Waals surface area contributed by atoms with E-state index in [9.17, 15) is 24.5 Å². The van der Waals surface area contributed by atoms with Gasteiger partial charge in [0.1, 0.15) is 13.2 Å². The number of hydrogen-bond donors (Lipinski definition) is 1. The third kappa shape index (κ3) is 5.37. The van der Waals surface area contributed by atoms with Crippen LogP contribution < -0.4 is 9.47 Å². The average Bonchev–Trinajstić information content (AvgIpc) is 2.99. The summed E-state index contributed by atoms with van der Waals surface area (Å²) in [5.41, 5.74) is 1.28. The van der Waals surface area contributed by atoms with Crippen molar-refractivity contribution in [2.24, 2.45) is 0 Å². The number of halogens is 1. The molecular formula is C20H15IN2O8S. The van der Waals surface area contributed by atoms with Crippen LogP contribution in [0.25, 0.3) is 6.08 Å². The number of carboxylic acid groups (broad SMARTS) is 1. The molecule has 0 aliphatic carbocycles. The van der Waals surface area contributed by atoms with Crippen LogP contribution in [0.3, 0.4) is 0 Å². The molecule has 1 N–H and O–H groups in total. The number of nitro benzene ring substituents is 1. The zero-order chi connectivity index (χ0) is 23.4. The summed E-state index contributed by atoms with van der Waals surface area (Å²) in [6.45, 7) is -0.546. The molecule has 1 saturated heterocycles. The van der Waals surface area contributed by atoms with Crippen LogP contribution in [0.5, 0.6) is 11.5 Å². The highest BCUT2D eigenvalue weighted by molar-refractivity contribution is 14.1. The number of thioether (sulfide) groups is 1. The van der Waals surface area contributed by atoms with Crippen molar-refractivity contribution in [3.8, 4) is 11.5 Å². The summed E-state index contributed by atoms with van der Waals surface area (Å²) in [5, 5.41) is 19.0. The Bertz CT molecular complexity index is 1130. The molecule has 1 fully saturated rings. The third-order valence-corrected chi connectivity index (χ3v) is 5.96. The van der Waals surface area contributed by atoms with Crippen molar-refractivity contribution in [2.75, 3.05) is 13.7 Å². The van der Waals surface area contributed by atoms with E-state index in [1.807, 2.05) is 22.6 Å². The van der Waals surface area contributed by atoms with Gasteiger partial charge >= 0.3 is 5.97 Å². The Labute approximate surface area is 199 Å². The molecule has 1 aliphatic rings. The van der Waals surface area contributed by atoms with Crippen molar-refractivity contribution in [1.82, 2.24) is 4.90 Å². The Morgan fingerprint density at radius 3 is 2.56 bits per heavy atom. The second-order valence-electron chi connectivity index (χ2n) is 6.41. The molecule has 0 unspecified atom stereocenters. The monoisotopic (exact) mass is 570 g/mol. The number of nitrogens with zero attached hydrogens (tertiary/aromatic N) is 2. The van der Waals surface area contributed by atoms with E-state index in [0.29, 0.717) is 37.3 Å². The topological polar surface area (TPSA) is 136 Å². The number of rotatable bonds is 8. The van der Waals surface area contributed by atoms with Crippen molar-refractivity contribution < 1.29 is 33.9 Å². The SMILES string of the molecule is COc1cc(/C=C2/SC(=O)N(CC(=O)O)C2=O)cc(I)c1OCc1ccc([N+](=O)[O-])cc1. The summed E-state index contributed by atoms with van der Waals surface area (Å²) < 4.78 is 11.9. The van der Waals surface area contributed by atoms with Crippen molar-refractivity contribution in [3.63, 3.8) is 0 Å². The summed E-state index contributed by atoms with van der Waals surface area (Å²) in [6, 6.07) is 9.32. The molecule has 1 aliphatic heterocycles. The third-order valence-electron chi connectivity index (χ3n) is 4.25. The van der Waals surface area contributed by atoms with Gasteiger partial charge in [-0.25, -0.2) is 0 Å².